The normalized spacial score (nSPS) is 15.1. The molecule has 0 saturated heterocycles. The van der Waals surface area contributed by atoms with E-state index in [-0.39, 0.29) is 11.7 Å². The number of H-pyrrole nitrogens is 1. The predicted molar refractivity (Wildman–Crippen MR) is 135 cm³/mol. The van der Waals surface area contributed by atoms with Gasteiger partial charge < -0.3 is 14.0 Å². The van der Waals surface area contributed by atoms with E-state index in [1.807, 2.05) is 24.4 Å². The summed E-state index contributed by atoms with van der Waals surface area (Å²) in [5, 5.41) is 1.89. The Bertz CT molecular complexity index is 1620. The van der Waals surface area contributed by atoms with Crippen molar-refractivity contribution in [2.24, 2.45) is 4.99 Å². The first-order chi connectivity index (χ1) is 17.1. The molecule has 5 aromatic rings. The molecule has 174 valence electrons. The molecule has 0 radical (unpaired) electrons. The van der Waals surface area contributed by atoms with Crippen LogP contribution in [0.1, 0.15) is 23.8 Å². The number of aromatic amines is 1. The summed E-state index contributed by atoms with van der Waals surface area (Å²) >= 11 is 0. The molecule has 1 aliphatic rings. The highest BCUT2D eigenvalue weighted by Crippen LogP contribution is 2.28. The lowest BCUT2D eigenvalue weighted by molar-refractivity contribution is -0.122. The summed E-state index contributed by atoms with van der Waals surface area (Å²) < 4.78 is 21.6. The van der Waals surface area contributed by atoms with Gasteiger partial charge >= 0.3 is 0 Å². The molecule has 6 nitrogen and oxygen atoms in total. The van der Waals surface area contributed by atoms with E-state index in [0.29, 0.717) is 30.3 Å². The number of aliphatic imine (C=N–C) groups is 1. The van der Waals surface area contributed by atoms with Gasteiger partial charge in [0.25, 0.3) is 5.91 Å². The van der Waals surface area contributed by atoms with Gasteiger partial charge in [0.15, 0.2) is 11.6 Å². The topological polar surface area (TPSA) is 66.5 Å². The fourth-order valence-electron chi connectivity index (χ4n) is 4.74. The first-order valence-electron chi connectivity index (χ1n) is 11.6. The largest absolute Gasteiger partial charge is 0.461 e. The summed E-state index contributed by atoms with van der Waals surface area (Å²) in [5.41, 5.74) is 4.23. The number of carbonyl (C=O) groups excluding carboxylic acids is 1. The zero-order chi connectivity index (χ0) is 23.9. The summed E-state index contributed by atoms with van der Waals surface area (Å²) in [7, 11) is 0. The zero-order valence-corrected chi connectivity index (χ0v) is 19.2. The van der Waals surface area contributed by atoms with Gasteiger partial charge in [-0.1, -0.05) is 18.2 Å². The van der Waals surface area contributed by atoms with Crippen molar-refractivity contribution in [3.8, 4) is 0 Å². The van der Waals surface area contributed by atoms with Crippen molar-refractivity contribution in [3.05, 3.63) is 102 Å². The molecule has 6 rings (SSSR count). The summed E-state index contributed by atoms with van der Waals surface area (Å²) in [6, 6.07) is 16.4. The number of nitrogens with zero attached hydrogens (tertiary/aromatic N) is 3. The first kappa shape index (κ1) is 21.2. The van der Waals surface area contributed by atoms with Gasteiger partial charge in [0.1, 0.15) is 11.5 Å². The Morgan fingerprint density at radius 3 is 2.83 bits per heavy atom. The second-order valence-corrected chi connectivity index (χ2v) is 8.54. The summed E-state index contributed by atoms with van der Waals surface area (Å²) in [6.45, 7) is 3.31. The molecule has 0 atom stereocenters. The van der Waals surface area contributed by atoms with Crippen molar-refractivity contribution in [1.29, 1.82) is 0 Å². The van der Waals surface area contributed by atoms with E-state index in [4.69, 9.17) is 4.42 Å². The predicted octanol–water partition coefficient (Wildman–Crippen LogP) is 5.75. The SMILES string of the molecule is CCn1cc(/C=C2/N=C(c3ccco3)N(CCc3c[nH]c4ccc(F)cc34)C2=O)c2ccccc21. The number of fused-ring (bicyclic) bond motifs is 2. The Labute approximate surface area is 201 Å². The molecule has 0 bridgehead atoms. The fourth-order valence-corrected chi connectivity index (χ4v) is 4.74. The lowest BCUT2D eigenvalue weighted by Gasteiger charge is -2.16. The molecule has 1 N–H and O–H groups in total. The summed E-state index contributed by atoms with van der Waals surface area (Å²) in [6.07, 6.45) is 7.87. The highest BCUT2D eigenvalue weighted by molar-refractivity contribution is 6.19. The number of carbonyl (C=O) groups is 1. The Morgan fingerprint density at radius 2 is 2.00 bits per heavy atom. The number of aryl methyl sites for hydroxylation is 1. The number of rotatable bonds is 6. The number of amidine groups is 1. The van der Waals surface area contributed by atoms with E-state index >= 15 is 0 Å². The van der Waals surface area contributed by atoms with Crippen LogP contribution in [0.2, 0.25) is 0 Å². The van der Waals surface area contributed by atoms with E-state index in [9.17, 15) is 9.18 Å². The second kappa shape index (κ2) is 8.43. The second-order valence-electron chi connectivity index (χ2n) is 8.54. The molecule has 0 aliphatic carbocycles. The minimum Gasteiger partial charge on any atom is -0.461 e. The van der Waals surface area contributed by atoms with Gasteiger partial charge in [-0.3, -0.25) is 9.69 Å². The third-order valence-electron chi connectivity index (χ3n) is 6.47. The molecule has 1 amide bonds. The first-order valence-corrected chi connectivity index (χ1v) is 11.6. The van der Waals surface area contributed by atoms with Gasteiger partial charge in [0.05, 0.1) is 6.26 Å². The van der Waals surface area contributed by atoms with Crippen LogP contribution in [-0.2, 0) is 17.8 Å². The Hall–Kier alpha value is -4.39. The number of hydrogen-bond acceptors (Lipinski definition) is 3. The van der Waals surface area contributed by atoms with Gasteiger partial charge in [-0.05, 0) is 61.4 Å². The molecule has 7 heteroatoms. The van der Waals surface area contributed by atoms with Crippen molar-refractivity contribution < 1.29 is 13.6 Å². The van der Waals surface area contributed by atoms with Gasteiger partial charge in [-0.25, -0.2) is 9.38 Å². The lowest BCUT2D eigenvalue weighted by Crippen LogP contribution is -2.34. The molecule has 0 spiro atoms. The van der Waals surface area contributed by atoms with Crippen LogP contribution in [0.3, 0.4) is 0 Å². The summed E-state index contributed by atoms with van der Waals surface area (Å²) in [5.74, 6) is 0.542. The van der Waals surface area contributed by atoms with Gasteiger partial charge in [0.2, 0.25) is 0 Å². The number of benzene rings is 2. The van der Waals surface area contributed by atoms with Crippen LogP contribution in [0.15, 0.2) is 88.4 Å². The van der Waals surface area contributed by atoms with Gasteiger partial charge in [0, 0.05) is 52.9 Å². The Morgan fingerprint density at radius 1 is 1.11 bits per heavy atom. The van der Waals surface area contributed by atoms with Crippen molar-refractivity contribution in [3.63, 3.8) is 0 Å². The smallest absolute Gasteiger partial charge is 0.278 e. The minimum absolute atomic E-state index is 0.184. The molecule has 3 aromatic heterocycles. The summed E-state index contributed by atoms with van der Waals surface area (Å²) in [4.78, 5) is 23.0. The molecule has 0 saturated carbocycles. The van der Waals surface area contributed by atoms with Crippen LogP contribution in [0.5, 0.6) is 0 Å². The average molecular weight is 467 g/mol. The zero-order valence-electron chi connectivity index (χ0n) is 19.2. The van der Waals surface area contributed by atoms with Gasteiger partial charge in [-0.15, -0.1) is 0 Å². The van der Waals surface area contributed by atoms with Crippen molar-refractivity contribution >= 4 is 39.6 Å². The molecular weight excluding hydrogens is 443 g/mol. The van der Waals surface area contributed by atoms with E-state index in [1.165, 1.54) is 12.1 Å². The Kier molecular flexibility index (Phi) is 5.10. The van der Waals surface area contributed by atoms with Crippen LogP contribution in [0, 0.1) is 5.82 Å². The van der Waals surface area contributed by atoms with Crippen LogP contribution in [0.25, 0.3) is 27.9 Å². The van der Waals surface area contributed by atoms with Crippen LogP contribution < -0.4 is 0 Å². The third kappa shape index (κ3) is 3.65. The van der Waals surface area contributed by atoms with Crippen LogP contribution in [-0.4, -0.2) is 32.7 Å². The maximum absolute atomic E-state index is 13.8. The quantitative estimate of drug-likeness (QED) is 0.324. The highest BCUT2D eigenvalue weighted by atomic mass is 19.1. The number of aromatic nitrogens is 2. The molecule has 0 fully saturated rings. The van der Waals surface area contributed by atoms with E-state index in [1.54, 1.807) is 29.4 Å². The molecule has 2 aromatic carbocycles. The van der Waals surface area contributed by atoms with Crippen LogP contribution in [0.4, 0.5) is 4.39 Å². The number of furan rings is 1. The number of hydrogen-bond donors (Lipinski definition) is 1. The maximum Gasteiger partial charge on any atom is 0.278 e. The monoisotopic (exact) mass is 466 g/mol. The number of para-hydroxylation sites is 1. The van der Waals surface area contributed by atoms with E-state index in [2.05, 4.69) is 39.8 Å². The third-order valence-corrected chi connectivity index (χ3v) is 6.47. The van der Waals surface area contributed by atoms with Gasteiger partial charge in [-0.2, -0.15) is 0 Å². The fraction of sp³-hybridized carbons (Fsp3) is 0.143. The molecule has 0 unspecified atom stereocenters. The Balaban J connectivity index is 1.36. The average Bonchev–Trinajstić information content (AvgIpc) is 3.65. The van der Waals surface area contributed by atoms with E-state index in [0.717, 1.165) is 39.5 Å². The minimum atomic E-state index is -0.287. The number of amides is 1. The van der Waals surface area contributed by atoms with Crippen molar-refractivity contribution in [2.45, 2.75) is 19.9 Å². The molecular formula is C28H23FN4O2. The standard InChI is InChI=1S/C28H23FN4O2/c1-2-32-17-19(21-6-3-4-7-25(21)32)14-24-28(34)33(27(31-24)26-8-5-13-35-26)12-11-18-16-30-23-10-9-20(29)15-22(18)23/h3-10,13-17,30H,2,11-12H2,1H3/b24-14+. The highest BCUT2D eigenvalue weighted by Gasteiger charge is 2.32. The van der Waals surface area contributed by atoms with Crippen LogP contribution >= 0.6 is 0 Å². The number of nitrogens with one attached hydrogen (secondary N) is 1. The lowest BCUT2D eigenvalue weighted by atomic mass is 10.1. The number of halogens is 1. The molecule has 35 heavy (non-hydrogen) atoms. The maximum atomic E-state index is 13.8. The molecule has 1 aliphatic heterocycles. The molecule has 4 heterocycles. The van der Waals surface area contributed by atoms with Crippen molar-refractivity contribution in [1.82, 2.24) is 14.5 Å². The van der Waals surface area contributed by atoms with Crippen molar-refractivity contribution in [2.75, 3.05) is 6.54 Å². The van der Waals surface area contributed by atoms with E-state index < -0.39 is 0 Å².